The Morgan fingerprint density at radius 2 is 1.16 bits per heavy atom. The lowest BCUT2D eigenvalue weighted by Crippen LogP contribution is -2.50. The number of nitrogens with zero attached hydrogens (tertiary/aromatic N) is 2. The Labute approximate surface area is 247 Å². The van der Waals surface area contributed by atoms with Crippen LogP contribution in [-0.4, -0.2) is 90.9 Å². The van der Waals surface area contributed by atoms with E-state index in [4.69, 9.17) is 0 Å². The highest BCUT2D eigenvalue weighted by Crippen LogP contribution is 2.24. The number of allylic oxidation sites excluding steroid dienone is 2. The lowest BCUT2D eigenvalue weighted by atomic mass is 9.81. The van der Waals surface area contributed by atoms with Crippen molar-refractivity contribution in [2.24, 2.45) is 11.8 Å². The molecular weight excluding hydrogens is 570 g/mol. The number of nitrogens with one attached hydrogen (secondary N) is 1. The van der Waals surface area contributed by atoms with Gasteiger partial charge in [-0.05, 0) is 47.5 Å². The van der Waals surface area contributed by atoms with E-state index in [9.17, 15) is 42.2 Å². The van der Waals surface area contributed by atoms with Crippen LogP contribution in [0.25, 0.3) is 12.2 Å². The zero-order chi connectivity index (χ0) is 31.7. The van der Waals surface area contributed by atoms with Crippen molar-refractivity contribution in [2.75, 3.05) is 53.5 Å². The van der Waals surface area contributed by atoms with E-state index < -0.39 is 52.5 Å². The average molecular weight is 606 g/mol. The third-order valence-corrected chi connectivity index (χ3v) is 7.28. The van der Waals surface area contributed by atoms with Crippen molar-refractivity contribution >= 4 is 29.5 Å². The fraction of sp³-hybridized carbons (Fsp3) is 0.387. The van der Waals surface area contributed by atoms with Gasteiger partial charge in [0.05, 0.1) is 25.0 Å². The van der Waals surface area contributed by atoms with Gasteiger partial charge in [-0.3, -0.25) is 14.4 Å². The number of hydrogen-bond donors (Lipinski definition) is 3. The van der Waals surface area contributed by atoms with Gasteiger partial charge in [0.1, 0.15) is 11.6 Å². The van der Waals surface area contributed by atoms with Gasteiger partial charge in [0, 0.05) is 64.5 Å². The Kier molecular flexibility index (Phi) is 12.2. The first-order chi connectivity index (χ1) is 20.4. The molecule has 0 radical (unpaired) electrons. The molecule has 2 unspecified atom stereocenters. The van der Waals surface area contributed by atoms with Crippen LogP contribution < -0.4 is 5.32 Å². The van der Waals surface area contributed by atoms with Gasteiger partial charge in [-0.25, -0.2) is 17.6 Å². The quantitative estimate of drug-likeness (QED) is 0.223. The fourth-order valence-corrected chi connectivity index (χ4v) is 4.73. The highest BCUT2D eigenvalue weighted by molar-refractivity contribution is 6.13. The van der Waals surface area contributed by atoms with Gasteiger partial charge in [0.2, 0.25) is 0 Å². The van der Waals surface area contributed by atoms with Crippen LogP contribution in [-0.2, 0) is 14.4 Å². The predicted octanol–water partition coefficient (Wildman–Crippen LogP) is 2.80. The maximum atomic E-state index is 13.8. The summed E-state index contributed by atoms with van der Waals surface area (Å²) in [7, 11) is 3.21. The molecule has 0 bridgehead atoms. The van der Waals surface area contributed by atoms with Crippen LogP contribution in [0.5, 0.6) is 0 Å². The molecule has 2 aromatic carbocycles. The Balaban J connectivity index is 1.80. The van der Waals surface area contributed by atoms with Gasteiger partial charge in [-0.15, -0.1) is 0 Å². The summed E-state index contributed by atoms with van der Waals surface area (Å²) < 4.78 is 54.4. The topological polar surface area (TPSA) is 110 Å². The SMILES string of the molecule is CN(CCO)/C(=C/c1ccc(F)c(F)c1)CC(=O)C1CNCC(C(=O)C/C(=C\c2ccc(F)c(F)c2)N(C)CCO)C1=O. The molecule has 2 aromatic rings. The standard InChI is InChI=1S/C31H35F4N3O5/c1-37(7-9-39)21(11-19-3-5-25(32)27(34)13-19)15-29(41)23-17-36-18-24(31(23)43)30(42)16-22(38(2)8-10-40)12-20-4-6-26(33)28(35)14-20/h3-6,11-14,23-24,36,39-40H,7-10,15-18H2,1-2H3/b21-11+,22-12+. The van der Waals surface area contributed by atoms with Crippen molar-refractivity contribution in [1.29, 1.82) is 0 Å². The number of hydrogen-bond acceptors (Lipinski definition) is 8. The van der Waals surface area contributed by atoms with Crippen molar-refractivity contribution in [1.82, 2.24) is 15.1 Å². The average Bonchev–Trinajstić information content (AvgIpc) is 2.96. The first-order valence-electron chi connectivity index (χ1n) is 13.7. The molecule has 0 saturated carbocycles. The molecule has 12 heteroatoms. The van der Waals surface area contributed by atoms with Gasteiger partial charge in [-0.2, -0.15) is 0 Å². The van der Waals surface area contributed by atoms with Crippen molar-refractivity contribution in [3.63, 3.8) is 0 Å². The maximum Gasteiger partial charge on any atom is 0.159 e. The minimum absolute atomic E-state index is 0.00554. The molecule has 0 aliphatic carbocycles. The van der Waals surface area contributed by atoms with Gasteiger partial charge < -0.3 is 25.3 Å². The second-order valence-corrected chi connectivity index (χ2v) is 10.4. The van der Waals surface area contributed by atoms with Crippen LogP contribution in [0.4, 0.5) is 17.6 Å². The van der Waals surface area contributed by atoms with E-state index in [0.29, 0.717) is 11.4 Å². The van der Waals surface area contributed by atoms with Crippen LogP contribution in [0.2, 0.25) is 0 Å². The molecule has 0 spiro atoms. The molecule has 43 heavy (non-hydrogen) atoms. The van der Waals surface area contributed by atoms with Crippen LogP contribution in [0.3, 0.4) is 0 Å². The molecule has 1 aliphatic heterocycles. The smallest absolute Gasteiger partial charge is 0.159 e. The Morgan fingerprint density at radius 3 is 1.51 bits per heavy atom. The van der Waals surface area contributed by atoms with Crippen molar-refractivity contribution < 1.29 is 42.2 Å². The largest absolute Gasteiger partial charge is 0.395 e. The molecule has 0 amide bonds. The normalized spacial score (nSPS) is 17.6. The maximum absolute atomic E-state index is 13.8. The number of likely N-dealkylation sites (N-methyl/N-ethyl adjacent to an activating group) is 2. The summed E-state index contributed by atoms with van der Waals surface area (Å²) in [6, 6.07) is 6.49. The van der Waals surface area contributed by atoms with E-state index in [1.165, 1.54) is 24.3 Å². The van der Waals surface area contributed by atoms with Crippen molar-refractivity contribution in [2.45, 2.75) is 12.8 Å². The van der Waals surface area contributed by atoms with Gasteiger partial charge in [0.25, 0.3) is 0 Å². The molecule has 1 fully saturated rings. The molecule has 1 saturated heterocycles. The number of halogens is 4. The van der Waals surface area contributed by atoms with Crippen LogP contribution >= 0.6 is 0 Å². The van der Waals surface area contributed by atoms with E-state index in [1.54, 1.807) is 23.9 Å². The summed E-state index contributed by atoms with van der Waals surface area (Å²) in [5, 5.41) is 21.8. The lowest BCUT2D eigenvalue weighted by Gasteiger charge is -2.30. The molecule has 1 heterocycles. The van der Waals surface area contributed by atoms with E-state index >= 15 is 0 Å². The first kappa shape index (κ1) is 33.6. The number of aliphatic hydroxyl groups is 2. The molecule has 3 N–H and O–H groups in total. The van der Waals surface area contributed by atoms with Crippen LogP contribution in [0, 0.1) is 35.1 Å². The summed E-state index contributed by atoms with van der Waals surface area (Å²) in [4.78, 5) is 43.3. The number of Topliss-reactive ketones (excluding diaryl/α,β-unsaturated/α-hetero) is 3. The minimum Gasteiger partial charge on any atom is -0.395 e. The molecular formula is C31H35F4N3O5. The van der Waals surface area contributed by atoms with E-state index in [2.05, 4.69) is 5.32 Å². The summed E-state index contributed by atoms with van der Waals surface area (Å²) >= 11 is 0. The predicted molar refractivity (Wildman–Crippen MR) is 152 cm³/mol. The molecule has 232 valence electrons. The van der Waals surface area contributed by atoms with Crippen LogP contribution in [0.15, 0.2) is 47.8 Å². The fourth-order valence-electron chi connectivity index (χ4n) is 4.73. The zero-order valence-corrected chi connectivity index (χ0v) is 24.0. The molecule has 8 nitrogen and oxygen atoms in total. The Morgan fingerprint density at radius 1 is 0.767 bits per heavy atom. The Bertz CT molecular complexity index is 1300. The number of carbonyl (C=O) groups excluding carboxylic acids is 3. The van der Waals surface area contributed by atoms with E-state index in [-0.39, 0.29) is 63.4 Å². The molecule has 0 aromatic heterocycles. The Hall–Kier alpha value is -3.87. The molecule has 1 aliphatic rings. The van der Waals surface area contributed by atoms with Crippen molar-refractivity contribution in [3.8, 4) is 0 Å². The third-order valence-electron chi connectivity index (χ3n) is 7.28. The second-order valence-electron chi connectivity index (χ2n) is 10.4. The van der Waals surface area contributed by atoms with Gasteiger partial charge in [-0.1, -0.05) is 12.1 Å². The van der Waals surface area contributed by atoms with Crippen molar-refractivity contribution in [3.05, 3.63) is 82.2 Å². The zero-order valence-electron chi connectivity index (χ0n) is 24.0. The summed E-state index contributed by atoms with van der Waals surface area (Å²) in [5.74, 6) is -8.08. The molecule has 3 rings (SSSR count). The molecule has 2 atom stereocenters. The van der Waals surface area contributed by atoms with E-state index in [1.807, 2.05) is 0 Å². The minimum atomic E-state index is -1.16. The highest BCUT2D eigenvalue weighted by atomic mass is 19.2. The summed E-state index contributed by atoms with van der Waals surface area (Å²) in [6.07, 6.45) is 2.39. The highest BCUT2D eigenvalue weighted by Gasteiger charge is 2.39. The number of ketones is 3. The third kappa shape index (κ3) is 9.06. The summed E-state index contributed by atoms with van der Waals surface area (Å²) in [6.45, 7) is -0.210. The first-order valence-corrected chi connectivity index (χ1v) is 13.7. The number of benzene rings is 2. The number of rotatable bonds is 14. The second kappa shape index (κ2) is 15.6. The van der Waals surface area contributed by atoms with Gasteiger partial charge in [0.15, 0.2) is 29.1 Å². The van der Waals surface area contributed by atoms with E-state index in [0.717, 1.165) is 24.3 Å². The number of aliphatic hydroxyl groups excluding tert-OH is 2. The lowest BCUT2D eigenvalue weighted by molar-refractivity contribution is -0.140. The number of carbonyl (C=O) groups is 3. The van der Waals surface area contributed by atoms with Gasteiger partial charge >= 0.3 is 0 Å². The number of piperidine rings is 1. The summed E-state index contributed by atoms with van der Waals surface area (Å²) in [5.41, 5.74) is 1.27. The monoisotopic (exact) mass is 605 g/mol. The van der Waals surface area contributed by atoms with Crippen LogP contribution in [0.1, 0.15) is 24.0 Å².